The number of aromatic hydroxyl groups is 1. The van der Waals surface area contributed by atoms with Gasteiger partial charge in [-0.3, -0.25) is 0 Å². The molecule has 1 aliphatic heterocycles. The number of hydrogen-bond acceptors (Lipinski definition) is 5. The number of anilines is 2. The first kappa shape index (κ1) is 22.7. The molecule has 1 atom stereocenters. The molecule has 1 aliphatic rings. The molecule has 8 heteroatoms. The van der Waals surface area contributed by atoms with Crippen molar-refractivity contribution in [2.45, 2.75) is 26.7 Å². The Morgan fingerprint density at radius 3 is 2.74 bits per heavy atom. The fraction of sp³-hybridized carbons (Fsp3) is 0.296. The van der Waals surface area contributed by atoms with Crippen LogP contribution in [-0.2, 0) is 0 Å². The number of para-hydroxylation sites is 1. The van der Waals surface area contributed by atoms with E-state index in [0.717, 1.165) is 47.7 Å². The quantitative estimate of drug-likeness (QED) is 0.378. The highest BCUT2D eigenvalue weighted by atomic mass is 16.3. The first-order valence-corrected chi connectivity index (χ1v) is 12.0. The molecule has 35 heavy (non-hydrogen) atoms. The summed E-state index contributed by atoms with van der Waals surface area (Å²) in [6.07, 6.45) is 3.79. The number of aromatic nitrogens is 3. The van der Waals surface area contributed by atoms with E-state index in [0.29, 0.717) is 30.3 Å². The maximum atomic E-state index is 12.8. The van der Waals surface area contributed by atoms with E-state index in [4.69, 9.17) is 4.98 Å². The van der Waals surface area contributed by atoms with Crippen molar-refractivity contribution in [1.82, 2.24) is 19.5 Å². The molecule has 2 amide bonds. The summed E-state index contributed by atoms with van der Waals surface area (Å²) in [7, 11) is 0. The molecular formula is C27H30N6O2. The summed E-state index contributed by atoms with van der Waals surface area (Å²) >= 11 is 0. The van der Waals surface area contributed by atoms with Gasteiger partial charge in [0.25, 0.3) is 0 Å². The lowest BCUT2D eigenvalue weighted by molar-refractivity contribution is 0.180. The van der Waals surface area contributed by atoms with Crippen molar-refractivity contribution in [3.63, 3.8) is 0 Å². The number of hydrogen-bond donors (Lipinski definition) is 3. The fourth-order valence-electron chi connectivity index (χ4n) is 4.53. The second-order valence-corrected chi connectivity index (χ2v) is 9.24. The van der Waals surface area contributed by atoms with Crippen LogP contribution >= 0.6 is 0 Å². The van der Waals surface area contributed by atoms with Gasteiger partial charge in [0.05, 0.1) is 11.9 Å². The number of carbonyl (C=O) groups excluding carboxylic acids is 1. The summed E-state index contributed by atoms with van der Waals surface area (Å²) < 4.78 is 1.80. The maximum Gasteiger partial charge on any atom is 0.321 e. The van der Waals surface area contributed by atoms with Gasteiger partial charge >= 0.3 is 6.03 Å². The number of aryl methyl sites for hydroxylation is 2. The molecule has 2 aromatic heterocycles. The van der Waals surface area contributed by atoms with Crippen LogP contribution in [0.25, 0.3) is 16.9 Å². The highest BCUT2D eigenvalue weighted by Gasteiger charge is 2.24. The Kier molecular flexibility index (Phi) is 6.27. The molecule has 0 bridgehead atoms. The van der Waals surface area contributed by atoms with Gasteiger partial charge in [0, 0.05) is 42.5 Å². The molecule has 3 heterocycles. The van der Waals surface area contributed by atoms with Crippen LogP contribution in [0.5, 0.6) is 5.75 Å². The molecule has 3 N–H and O–H groups in total. The Morgan fingerprint density at radius 2 is 1.94 bits per heavy atom. The molecule has 4 aromatic rings. The molecule has 0 spiro atoms. The fourth-order valence-corrected chi connectivity index (χ4v) is 4.53. The first-order valence-electron chi connectivity index (χ1n) is 12.0. The second kappa shape index (κ2) is 9.66. The van der Waals surface area contributed by atoms with Gasteiger partial charge in [-0.15, -0.1) is 0 Å². The second-order valence-electron chi connectivity index (χ2n) is 9.24. The lowest BCUT2D eigenvalue weighted by atomic mass is 9.98. The van der Waals surface area contributed by atoms with E-state index >= 15 is 0 Å². The van der Waals surface area contributed by atoms with E-state index in [1.807, 2.05) is 61.2 Å². The Labute approximate surface area is 204 Å². The number of carbonyl (C=O) groups is 1. The standard InChI is InChI=1S/C27H30N6O2/c1-18-9-11-21(12-10-18)30-27(35)32-13-5-6-20(17-32)16-28-25-14-23(22-7-3-4-8-24(22)34)31-26-19(2)15-29-33(25)26/h3-4,7-12,14-15,20,28,34H,5-6,13,16-17H2,1-2H3,(H,30,35). The Hall–Kier alpha value is -4.07. The number of nitrogens with zero attached hydrogens (tertiary/aromatic N) is 4. The van der Waals surface area contributed by atoms with Gasteiger partial charge in [-0.1, -0.05) is 29.8 Å². The number of likely N-dealkylation sites (tertiary alicyclic amines) is 1. The number of fused-ring (bicyclic) bond motifs is 1. The van der Waals surface area contributed by atoms with Gasteiger partial charge in [0.2, 0.25) is 0 Å². The van der Waals surface area contributed by atoms with E-state index in [2.05, 4.69) is 15.7 Å². The maximum absolute atomic E-state index is 12.8. The Balaban J connectivity index is 1.30. The summed E-state index contributed by atoms with van der Waals surface area (Å²) in [6.45, 7) is 6.14. The number of amides is 2. The van der Waals surface area contributed by atoms with E-state index in [1.54, 1.807) is 22.8 Å². The van der Waals surface area contributed by atoms with Crippen LogP contribution in [0.4, 0.5) is 16.3 Å². The molecular weight excluding hydrogens is 440 g/mol. The summed E-state index contributed by atoms with van der Waals surface area (Å²) in [5, 5.41) is 21.4. The molecule has 180 valence electrons. The van der Waals surface area contributed by atoms with Gasteiger partial charge < -0.3 is 20.6 Å². The summed E-state index contributed by atoms with van der Waals surface area (Å²) in [5.74, 6) is 1.30. The highest BCUT2D eigenvalue weighted by molar-refractivity contribution is 5.89. The van der Waals surface area contributed by atoms with E-state index < -0.39 is 0 Å². The summed E-state index contributed by atoms with van der Waals surface area (Å²) in [5.41, 5.74) is 5.04. The van der Waals surface area contributed by atoms with Crippen LogP contribution in [0.2, 0.25) is 0 Å². The number of rotatable bonds is 5. The topological polar surface area (TPSA) is 94.8 Å². The van der Waals surface area contributed by atoms with Crippen LogP contribution in [-0.4, -0.2) is 50.3 Å². The lowest BCUT2D eigenvalue weighted by Gasteiger charge is -2.33. The van der Waals surface area contributed by atoms with Crippen molar-refractivity contribution in [2.75, 3.05) is 30.3 Å². The molecule has 5 rings (SSSR count). The number of phenolic OH excluding ortho intramolecular Hbond substituents is 1. The Bertz CT molecular complexity index is 1350. The van der Waals surface area contributed by atoms with Crippen molar-refractivity contribution in [3.8, 4) is 17.0 Å². The molecule has 0 aliphatic carbocycles. The first-order chi connectivity index (χ1) is 17.0. The molecule has 8 nitrogen and oxygen atoms in total. The predicted octanol–water partition coefficient (Wildman–Crippen LogP) is 5.07. The van der Waals surface area contributed by atoms with Crippen molar-refractivity contribution in [3.05, 3.63) is 71.9 Å². The van der Waals surface area contributed by atoms with Crippen LogP contribution in [0.15, 0.2) is 60.8 Å². The van der Waals surface area contributed by atoms with Crippen molar-refractivity contribution < 1.29 is 9.90 Å². The predicted molar refractivity (Wildman–Crippen MR) is 138 cm³/mol. The van der Waals surface area contributed by atoms with E-state index in [1.165, 1.54) is 0 Å². The average Bonchev–Trinajstić information content (AvgIpc) is 3.25. The number of nitrogens with one attached hydrogen (secondary N) is 2. The van der Waals surface area contributed by atoms with Gasteiger partial charge in [-0.05, 0) is 56.9 Å². The smallest absolute Gasteiger partial charge is 0.321 e. The van der Waals surface area contributed by atoms with E-state index in [9.17, 15) is 9.90 Å². The molecule has 0 saturated carbocycles. The normalized spacial score (nSPS) is 15.8. The monoisotopic (exact) mass is 470 g/mol. The molecule has 1 fully saturated rings. The van der Waals surface area contributed by atoms with Crippen LogP contribution < -0.4 is 10.6 Å². The third-order valence-corrected chi connectivity index (χ3v) is 6.51. The minimum atomic E-state index is -0.0607. The summed E-state index contributed by atoms with van der Waals surface area (Å²) in [6, 6.07) is 16.9. The van der Waals surface area contributed by atoms with Crippen molar-refractivity contribution >= 4 is 23.2 Å². The number of urea groups is 1. The van der Waals surface area contributed by atoms with Crippen LogP contribution in [0.1, 0.15) is 24.0 Å². The zero-order chi connectivity index (χ0) is 24.4. The molecule has 1 saturated heterocycles. The van der Waals surface area contributed by atoms with Gasteiger partial charge in [0.1, 0.15) is 11.6 Å². The highest BCUT2D eigenvalue weighted by Crippen LogP contribution is 2.30. The molecule has 2 aromatic carbocycles. The zero-order valence-electron chi connectivity index (χ0n) is 20.0. The van der Waals surface area contributed by atoms with Crippen LogP contribution in [0.3, 0.4) is 0 Å². The van der Waals surface area contributed by atoms with Crippen LogP contribution in [0, 0.1) is 19.8 Å². The lowest BCUT2D eigenvalue weighted by Crippen LogP contribution is -2.44. The minimum Gasteiger partial charge on any atom is -0.507 e. The third-order valence-electron chi connectivity index (χ3n) is 6.51. The van der Waals surface area contributed by atoms with E-state index in [-0.39, 0.29) is 11.8 Å². The zero-order valence-corrected chi connectivity index (χ0v) is 20.0. The number of benzene rings is 2. The van der Waals surface area contributed by atoms with Gasteiger partial charge in [-0.2, -0.15) is 9.61 Å². The molecule has 0 radical (unpaired) electrons. The number of phenols is 1. The van der Waals surface area contributed by atoms with Gasteiger partial charge in [0.15, 0.2) is 5.65 Å². The minimum absolute atomic E-state index is 0.0607. The molecule has 1 unspecified atom stereocenters. The van der Waals surface area contributed by atoms with Gasteiger partial charge in [-0.25, -0.2) is 9.78 Å². The van der Waals surface area contributed by atoms with Crippen molar-refractivity contribution in [1.29, 1.82) is 0 Å². The average molecular weight is 471 g/mol. The summed E-state index contributed by atoms with van der Waals surface area (Å²) in [4.78, 5) is 19.5. The SMILES string of the molecule is Cc1ccc(NC(=O)N2CCCC(CNc3cc(-c4ccccc4O)nc4c(C)cnn34)C2)cc1. The Morgan fingerprint density at radius 1 is 1.14 bits per heavy atom. The largest absolute Gasteiger partial charge is 0.507 e. The number of piperidine rings is 1. The van der Waals surface area contributed by atoms with Crippen molar-refractivity contribution in [2.24, 2.45) is 5.92 Å². The third kappa shape index (κ3) is 4.91.